The van der Waals surface area contributed by atoms with E-state index in [1.165, 1.54) is 5.56 Å². The Labute approximate surface area is 130 Å². The summed E-state index contributed by atoms with van der Waals surface area (Å²) in [5, 5.41) is 3.42. The van der Waals surface area contributed by atoms with Gasteiger partial charge in [-0.3, -0.25) is 4.99 Å². The quantitative estimate of drug-likeness (QED) is 0.857. The lowest BCUT2D eigenvalue weighted by Crippen LogP contribution is -2.33. The van der Waals surface area contributed by atoms with Crippen LogP contribution in [0.4, 0.5) is 0 Å². The van der Waals surface area contributed by atoms with Crippen LogP contribution in [0.1, 0.15) is 17.2 Å². The van der Waals surface area contributed by atoms with Gasteiger partial charge in [0, 0.05) is 11.4 Å². The summed E-state index contributed by atoms with van der Waals surface area (Å²) in [5.74, 6) is 1.47. The molecule has 0 saturated carbocycles. The molecule has 2 aromatic rings. The molecule has 0 spiro atoms. The second-order valence-corrected chi connectivity index (χ2v) is 4.91. The number of benzene rings is 2. The fourth-order valence-corrected chi connectivity index (χ4v) is 2.60. The summed E-state index contributed by atoms with van der Waals surface area (Å²) in [5.41, 5.74) is 2.31. The van der Waals surface area contributed by atoms with Gasteiger partial charge in [0.05, 0.1) is 12.1 Å². The highest BCUT2D eigenvalue weighted by Crippen LogP contribution is 2.27. The van der Waals surface area contributed by atoms with Crippen molar-refractivity contribution in [1.82, 2.24) is 5.32 Å². The number of hydrogen-bond donors (Lipinski definition) is 1. The molecule has 2 atom stereocenters. The predicted molar refractivity (Wildman–Crippen MR) is 87.1 cm³/mol. The largest absolute Gasteiger partial charge is 0.363 e. The highest BCUT2D eigenvalue weighted by Gasteiger charge is 2.29. The third-order valence-electron chi connectivity index (χ3n) is 3.33. The number of amidine groups is 1. The van der Waals surface area contributed by atoms with Gasteiger partial charge in [-0.25, -0.2) is 0 Å². The smallest absolute Gasteiger partial charge is 0.129 e. The second kappa shape index (κ2) is 6.78. The number of aliphatic imine (C=N–C) groups is 1. The molecular weight excluding hydrogens is 291 g/mol. The van der Waals surface area contributed by atoms with Crippen LogP contribution in [0.15, 0.2) is 65.7 Å². The summed E-state index contributed by atoms with van der Waals surface area (Å²) in [6.07, 6.45) is 0. The molecule has 2 nitrogen and oxygen atoms in total. The molecular formula is C16H16Cl2N2. The molecule has 0 aliphatic carbocycles. The molecule has 0 amide bonds. The third kappa shape index (κ3) is 2.97. The van der Waals surface area contributed by atoms with Gasteiger partial charge in [0.25, 0.3) is 0 Å². The lowest BCUT2D eigenvalue weighted by atomic mass is 10.0. The van der Waals surface area contributed by atoms with Crippen molar-refractivity contribution < 1.29 is 0 Å². The Morgan fingerprint density at radius 1 is 0.950 bits per heavy atom. The van der Waals surface area contributed by atoms with Gasteiger partial charge < -0.3 is 5.32 Å². The van der Waals surface area contributed by atoms with Crippen LogP contribution >= 0.6 is 24.0 Å². The molecule has 1 aliphatic rings. The number of nitrogens with zero attached hydrogens (tertiary/aromatic N) is 1. The molecule has 2 aromatic carbocycles. The highest BCUT2D eigenvalue weighted by atomic mass is 35.5. The Morgan fingerprint density at radius 2 is 1.55 bits per heavy atom. The van der Waals surface area contributed by atoms with Crippen molar-refractivity contribution in [3.63, 3.8) is 0 Å². The van der Waals surface area contributed by atoms with Crippen molar-refractivity contribution >= 4 is 29.8 Å². The van der Waals surface area contributed by atoms with E-state index in [-0.39, 0.29) is 24.5 Å². The van der Waals surface area contributed by atoms with Crippen LogP contribution in [0.5, 0.6) is 0 Å². The van der Waals surface area contributed by atoms with E-state index >= 15 is 0 Å². The molecule has 1 heterocycles. The van der Waals surface area contributed by atoms with E-state index < -0.39 is 0 Å². The topological polar surface area (TPSA) is 24.4 Å². The van der Waals surface area contributed by atoms with E-state index in [2.05, 4.69) is 29.6 Å². The fraction of sp³-hybridized carbons (Fsp3) is 0.188. The number of nitrogens with one attached hydrogen (secondary N) is 1. The third-order valence-corrected chi connectivity index (χ3v) is 3.66. The summed E-state index contributed by atoms with van der Waals surface area (Å²) >= 11 is 6.07. The van der Waals surface area contributed by atoms with Crippen LogP contribution in [0.3, 0.4) is 0 Å². The Kier molecular flexibility index (Phi) is 5.05. The zero-order valence-corrected chi connectivity index (χ0v) is 12.4. The van der Waals surface area contributed by atoms with Gasteiger partial charge in [0.15, 0.2) is 0 Å². The van der Waals surface area contributed by atoms with Gasteiger partial charge >= 0.3 is 0 Å². The first kappa shape index (κ1) is 14.9. The molecule has 0 radical (unpaired) electrons. The maximum absolute atomic E-state index is 6.07. The molecule has 1 aliphatic heterocycles. The predicted octanol–water partition coefficient (Wildman–Crippen LogP) is 3.81. The van der Waals surface area contributed by atoms with Crippen molar-refractivity contribution in [1.29, 1.82) is 0 Å². The van der Waals surface area contributed by atoms with Gasteiger partial charge in [-0.05, 0) is 5.56 Å². The van der Waals surface area contributed by atoms with Gasteiger partial charge in [0.1, 0.15) is 5.84 Å². The minimum Gasteiger partial charge on any atom is -0.363 e. The van der Waals surface area contributed by atoms with E-state index in [1.807, 2.05) is 36.4 Å². The molecule has 0 aromatic heterocycles. The first-order valence-corrected chi connectivity index (χ1v) is 6.92. The SMILES string of the molecule is Cl.ClCC1NC(c2ccccc2)=NC1c1ccccc1. The molecule has 2 unspecified atom stereocenters. The standard InChI is InChI=1S/C16H15ClN2.ClH/c17-11-14-15(12-7-3-1-4-8-12)19-16(18-14)13-9-5-2-6-10-13;/h1-10,14-15H,11H2,(H,18,19);1H. The van der Waals surface area contributed by atoms with Gasteiger partial charge in [0.2, 0.25) is 0 Å². The molecule has 3 rings (SSSR count). The maximum Gasteiger partial charge on any atom is 0.129 e. The molecule has 1 N–H and O–H groups in total. The van der Waals surface area contributed by atoms with Crippen molar-refractivity contribution in [2.45, 2.75) is 12.1 Å². The Bertz CT molecular complexity index is 570. The fourth-order valence-electron chi connectivity index (χ4n) is 2.35. The molecule has 0 bridgehead atoms. The number of hydrogen-bond acceptors (Lipinski definition) is 2. The van der Waals surface area contributed by atoms with E-state index in [9.17, 15) is 0 Å². The van der Waals surface area contributed by atoms with Crippen LogP contribution in [0.2, 0.25) is 0 Å². The van der Waals surface area contributed by atoms with Crippen LogP contribution in [-0.2, 0) is 0 Å². The molecule has 0 saturated heterocycles. The zero-order chi connectivity index (χ0) is 13.1. The maximum atomic E-state index is 6.07. The van der Waals surface area contributed by atoms with Crippen LogP contribution in [0.25, 0.3) is 0 Å². The van der Waals surface area contributed by atoms with Gasteiger partial charge in [-0.2, -0.15) is 0 Å². The van der Waals surface area contributed by atoms with Crippen molar-refractivity contribution in [2.75, 3.05) is 5.88 Å². The van der Waals surface area contributed by atoms with E-state index in [0.29, 0.717) is 5.88 Å². The summed E-state index contributed by atoms with van der Waals surface area (Å²) < 4.78 is 0. The van der Waals surface area contributed by atoms with Crippen LogP contribution < -0.4 is 5.32 Å². The number of alkyl halides is 1. The first-order chi connectivity index (χ1) is 9.38. The summed E-state index contributed by atoms with van der Waals surface area (Å²) in [6.45, 7) is 0. The summed E-state index contributed by atoms with van der Waals surface area (Å²) in [7, 11) is 0. The number of halogens is 2. The second-order valence-electron chi connectivity index (χ2n) is 4.60. The first-order valence-electron chi connectivity index (χ1n) is 6.39. The molecule has 4 heteroatoms. The summed E-state index contributed by atoms with van der Waals surface area (Å²) in [6, 6.07) is 20.7. The van der Waals surface area contributed by atoms with Crippen LogP contribution in [-0.4, -0.2) is 17.8 Å². The van der Waals surface area contributed by atoms with Crippen molar-refractivity contribution in [2.24, 2.45) is 4.99 Å². The van der Waals surface area contributed by atoms with Gasteiger partial charge in [-0.1, -0.05) is 60.7 Å². The Hall–Kier alpha value is -1.51. The average Bonchev–Trinajstić information content (AvgIpc) is 2.93. The van der Waals surface area contributed by atoms with Gasteiger partial charge in [-0.15, -0.1) is 24.0 Å². The molecule has 104 valence electrons. The van der Waals surface area contributed by atoms with E-state index in [1.54, 1.807) is 0 Å². The minimum atomic E-state index is 0. The molecule has 0 fully saturated rings. The molecule has 20 heavy (non-hydrogen) atoms. The Morgan fingerprint density at radius 3 is 2.15 bits per heavy atom. The normalized spacial score (nSPS) is 20.8. The number of rotatable bonds is 3. The minimum absolute atomic E-state index is 0. The Balaban J connectivity index is 0.00000147. The summed E-state index contributed by atoms with van der Waals surface area (Å²) in [4.78, 5) is 4.80. The highest BCUT2D eigenvalue weighted by molar-refractivity contribution is 6.18. The van der Waals surface area contributed by atoms with E-state index in [4.69, 9.17) is 16.6 Å². The van der Waals surface area contributed by atoms with Crippen LogP contribution in [0, 0.1) is 0 Å². The lowest BCUT2D eigenvalue weighted by molar-refractivity contribution is 0.593. The van der Waals surface area contributed by atoms with Crippen molar-refractivity contribution in [3.05, 3.63) is 71.8 Å². The van der Waals surface area contributed by atoms with Crippen molar-refractivity contribution in [3.8, 4) is 0 Å². The van der Waals surface area contributed by atoms with E-state index in [0.717, 1.165) is 11.4 Å². The monoisotopic (exact) mass is 306 g/mol. The average molecular weight is 307 g/mol. The zero-order valence-electron chi connectivity index (χ0n) is 10.9. The lowest BCUT2D eigenvalue weighted by Gasteiger charge is -2.15.